The van der Waals surface area contributed by atoms with E-state index < -0.39 is 0 Å². The summed E-state index contributed by atoms with van der Waals surface area (Å²) in [7, 11) is 0. The highest BCUT2D eigenvalue weighted by Gasteiger charge is 2.27. The predicted molar refractivity (Wildman–Crippen MR) is 123 cm³/mol. The Bertz CT molecular complexity index is 962. The Hall–Kier alpha value is -2.18. The van der Waals surface area contributed by atoms with E-state index in [1.54, 1.807) is 6.07 Å². The number of carbonyl (C=O) groups is 1. The van der Waals surface area contributed by atoms with Crippen LogP contribution in [-0.4, -0.2) is 65.9 Å². The van der Waals surface area contributed by atoms with E-state index in [0.29, 0.717) is 24.1 Å². The largest absolute Gasteiger partial charge is 0.423 e. The van der Waals surface area contributed by atoms with Crippen LogP contribution in [0.15, 0.2) is 33.5 Å². The van der Waals surface area contributed by atoms with Gasteiger partial charge >= 0.3 is 5.63 Å². The fraction of sp³-hybridized carbons (Fsp3) is 0.600. The summed E-state index contributed by atoms with van der Waals surface area (Å²) < 4.78 is 5.40. The van der Waals surface area contributed by atoms with Gasteiger partial charge in [-0.3, -0.25) is 14.6 Å². The van der Waals surface area contributed by atoms with E-state index in [4.69, 9.17) is 4.42 Å². The van der Waals surface area contributed by atoms with E-state index in [-0.39, 0.29) is 5.63 Å². The first-order chi connectivity index (χ1) is 15.1. The maximum Gasteiger partial charge on any atom is 0.336 e. The molecule has 4 rings (SSSR count). The summed E-state index contributed by atoms with van der Waals surface area (Å²) in [5.41, 5.74) is 2.65. The summed E-state index contributed by atoms with van der Waals surface area (Å²) in [5.74, 6) is 0.291. The summed E-state index contributed by atoms with van der Waals surface area (Å²) >= 11 is 0. The van der Waals surface area contributed by atoms with Gasteiger partial charge in [-0.1, -0.05) is 19.9 Å². The molecule has 2 saturated heterocycles. The molecule has 2 aliphatic heterocycles. The summed E-state index contributed by atoms with van der Waals surface area (Å²) in [6, 6.07) is 8.14. The van der Waals surface area contributed by atoms with Gasteiger partial charge in [0.2, 0.25) is 5.91 Å². The summed E-state index contributed by atoms with van der Waals surface area (Å²) in [6.45, 7) is 10.1. The molecule has 2 aliphatic rings. The maximum absolute atomic E-state index is 12.9. The van der Waals surface area contributed by atoms with Crippen LogP contribution in [0.5, 0.6) is 0 Å². The minimum absolute atomic E-state index is 0.289. The number of fused-ring (bicyclic) bond motifs is 1. The molecule has 0 bridgehead atoms. The second-order valence-electron chi connectivity index (χ2n) is 8.97. The van der Waals surface area contributed by atoms with Crippen molar-refractivity contribution in [3.8, 4) is 0 Å². The van der Waals surface area contributed by atoms with Crippen LogP contribution < -0.4 is 5.63 Å². The number of nitrogens with zero attached hydrogens (tertiary/aromatic N) is 3. The number of amides is 1. The molecular formula is C25H35N3O3. The Labute approximate surface area is 184 Å². The van der Waals surface area contributed by atoms with Crippen molar-refractivity contribution >= 4 is 16.9 Å². The summed E-state index contributed by atoms with van der Waals surface area (Å²) in [6.07, 6.45) is 5.53. The van der Waals surface area contributed by atoms with Crippen molar-refractivity contribution in [2.24, 2.45) is 0 Å². The monoisotopic (exact) mass is 425 g/mol. The molecule has 1 atom stereocenters. The predicted octanol–water partition coefficient (Wildman–Crippen LogP) is 3.26. The third-order valence-corrected chi connectivity index (χ3v) is 6.94. The minimum atomic E-state index is -0.289. The second kappa shape index (κ2) is 9.96. The van der Waals surface area contributed by atoms with E-state index in [0.717, 1.165) is 75.9 Å². The number of hydrogen-bond acceptors (Lipinski definition) is 5. The van der Waals surface area contributed by atoms with Crippen LogP contribution in [0.3, 0.4) is 0 Å². The smallest absolute Gasteiger partial charge is 0.336 e. The average molecular weight is 426 g/mol. The zero-order valence-electron chi connectivity index (χ0n) is 18.9. The van der Waals surface area contributed by atoms with Gasteiger partial charge in [0.1, 0.15) is 5.58 Å². The Balaban J connectivity index is 1.36. The van der Waals surface area contributed by atoms with E-state index in [2.05, 4.69) is 34.6 Å². The molecule has 1 aromatic heterocycles. The van der Waals surface area contributed by atoms with E-state index >= 15 is 0 Å². The molecule has 6 nitrogen and oxygen atoms in total. The first-order valence-electron chi connectivity index (χ1n) is 11.9. The third-order valence-electron chi connectivity index (χ3n) is 6.94. The molecule has 0 N–H and O–H groups in total. The Kier molecular flexibility index (Phi) is 7.08. The van der Waals surface area contributed by atoms with Crippen molar-refractivity contribution in [3.63, 3.8) is 0 Å². The molecule has 168 valence electrons. The van der Waals surface area contributed by atoms with Gasteiger partial charge in [-0.25, -0.2) is 4.79 Å². The lowest BCUT2D eigenvalue weighted by Crippen LogP contribution is -2.52. The van der Waals surface area contributed by atoms with Gasteiger partial charge < -0.3 is 9.32 Å². The molecule has 0 saturated carbocycles. The zero-order chi connectivity index (χ0) is 21.8. The maximum atomic E-state index is 12.9. The zero-order valence-corrected chi connectivity index (χ0v) is 18.9. The molecule has 6 heteroatoms. The molecule has 1 aromatic carbocycles. The molecule has 0 radical (unpaired) electrons. The minimum Gasteiger partial charge on any atom is -0.423 e. The van der Waals surface area contributed by atoms with Gasteiger partial charge in [-0.2, -0.15) is 0 Å². The van der Waals surface area contributed by atoms with Gasteiger partial charge in [0.05, 0.1) is 6.54 Å². The topological polar surface area (TPSA) is 57.0 Å². The van der Waals surface area contributed by atoms with Crippen LogP contribution in [-0.2, 0) is 17.8 Å². The third kappa shape index (κ3) is 5.18. The average Bonchev–Trinajstić information content (AvgIpc) is 2.80. The van der Waals surface area contributed by atoms with Gasteiger partial charge in [-0.15, -0.1) is 0 Å². The highest BCUT2D eigenvalue weighted by molar-refractivity contribution is 5.81. The lowest BCUT2D eigenvalue weighted by Gasteiger charge is -2.39. The molecule has 31 heavy (non-hydrogen) atoms. The Morgan fingerprint density at radius 2 is 1.81 bits per heavy atom. The first-order valence-corrected chi connectivity index (χ1v) is 11.9. The quantitative estimate of drug-likeness (QED) is 0.665. The van der Waals surface area contributed by atoms with Gasteiger partial charge in [0.25, 0.3) is 0 Å². The van der Waals surface area contributed by atoms with Crippen molar-refractivity contribution < 1.29 is 9.21 Å². The van der Waals surface area contributed by atoms with E-state index in [1.807, 2.05) is 12.1 Å². The molecule has 0 spiro atoms. The fourth-order valence-electron chi connectivity index (χ4n) is 5.01. The summed E-state index contributed by atoms with van der Waals surface area (Å²) in [5, 5.41) is 1.03. The van der Waals surface area contributed by atoms with Crippen molar-refractivity contribution in [2.75, 3.05) is 39.3 Å². The van der Waals surface area contributed by atoms with Crippen LogP contribution in [0.25, 0.3) is 11.0 Å². The number of likely N-dealkylation sites (tertiary alicyclic amines) is 1. The number of hydrogen-bond donors (Lipinski definition) is 0. The normalized spacial score (nSPS) is 21.0. The first kappa shape index (κ1) is 22.0. The molecule has 0 aliphatic carbocycles. The molecular weight excluding hydrogens is 390 g/mol. The van der Waals surface area contributed by atoms with Crippen LogP contribution in [0, 0.1) is 0 Å². The van der Waals surface area contributed by atoms with Crippen molar-refractivity contribution in [1.82, 2.24) is 14.7 Å². The summed E-state index contributed by atoms with van der Waals surface area (Å²) in [4.78, 5) is 31.7. The van der Waals surface area contributed by atoms with Crippen molar-refractivity contribution in [1.29, 1.82) is 0 Å². The molecule has 0 unspecified atom stereocenters. The lowest BCUT2D eigenvalue weighted by molar-refractivity contribution is -0.136. The number of rotatable bonds is 6. The number of carbonyl (C=O) groups excluding carboxylic acids is 1. The number of aryl methyl sites for hydroxylation is 1. The van der Waals surface area contributed by atoms with E-state index in [1.165, 1.54) is 12.0 Å². The number of benzene rings is 1. The number of piperidine rings is 1. The van der Waals surface area contributed by atoms with Gasteiger partial charge in [0.15, 0.2) is 0 Å². The van der Waals surface area contributed by atoms with Gasteiger partial charge in [-0.05, 0) is 55.4 Å². The van der Waals surface area contributed by atoms with Crippen molar-refractivity contribution in [3.05, 3.63) is 45.8 Å². The van der Waals surface area contributed by atoms with Crippen LogP contribution in [0.2, 0.25) is 0 Å². The highest BCUT2D eigenvalue weighted by atomic mass is 16.4. The number of piperazine rings is 1. The standard InChI is InChI=1S/C25H35N3O3/c1-3-19-8-9-23-22(15-19)20(16-25(30)31-23)17-26-11-13-27(14-12-26)18-24(29)28-10-6-5-7-21(28)4-2/h8-9,15-16,21H,3-7,10-14,17-18H2,1-2H3/t21-/m1/s1. The van der Waals surface area contributed by atoms with Gasteiger partial charge in [0, 0.05) is 56.8 Å². The van der Waals surface area contributed by atoms with Crippen LogP contribution in [0.4, 0.5) is 0 Å². The van der Waals surface area contributed by atoms with Crippen LogP contribution in [0.1, 0.15) is 50.7 Å². The molecule has 1 amide bonds. The molecule has 3 heterocycles. The second-order valence-corrected chi connectivity index (χ2v) is 8.97. The molecule has 2 fully saturated rings. The lowest BCUT2D eigenvalue weighted by atomic mass is 10.00. The fourth-order valence-corrected chi connectivity index (χ4v) is 5.01. The molecule has 2 aromatic rings. The van der Waals surface area contributed by atoms with Crippen molar-refractivity contribution in [2.45, 2.75) is 58.5 Å². The Morgan fingerprint density at radius 3 is 2.55 bits per heavy atom. The Morgan fingerprint density at radius 1 is 1.03 bits per heavy atom. The highest BCUT2D eigenvalue weighted by Crippen LogP contribution is 2.22. The van der Waals surface area contributed by atoms with E-state index in [9.17, 15) is 9.59 Å². The van der Waals surface area contributed by atoms with Crippen LogP contribution >= 0.6 is 0 Å². The SMILES string of the molecule is CCc1ccc2oc(=O)cc(CN3CCN(CC(=O)N4CCCC[C@H]4CC)CC3)c2c1.